The van der Waals surface area contributed by atoms with Crippen LogP contribution in [0, 0.1) is 0 Å². The Labute approximate surface area is 171 Å². The van der Waals surface area contributed by atoms with Gasteiger partial charge in [-0.25, -0.2) is 4.79 Å². The molecule has 3 rings (SSSR count). The first-order chi connectivity index (χ1) is 13.4. The summed E-state index contributed by atoms with van der Waals surface area (Å²) in [5.74, 6) is -0.957. The Hall–Kier alpha value is -2.84. The number of anilines is 1. The van der Waals surface area contributed by atoms with Crippen LogP contribution in [0.2, 0.25) is 0 Å². The number of amides is 1. The molecule has 28 heavy (non-hydrogen) atoms. The monoisotopic (exact) mass is 415 g/mol. The van der Waals surface area contributed by atoms with Crippen LogP contribution in [0.15, 0.2) is 53.4 Å². The van der Waals surface area contributed by atoms with Crippen LogP contribution in [-0.4, -0.2) is 32.5 Å². The summed E-state index contributed by atoms with van der Waals surface area (Å²) < 4.78 is 5.96. The summed E-state index contributed by atoms with van der Waals surface area (Å²) in [6.45, 7) is 1.72. The fraction of sp³-hybridized carbons (Fsp3) is 0.150. The van der Waals surface area contributed by atoms with E-state index in [-0.39, 0.29) is 11.7 Å². The molecular formula is C20H17NO5S2. The standard InChI is InChI=1S/C20H17NO5S2/c1-2-15(19(24)25)26-16-9-4-3-6-12(16)10-17-18(23)21(20(27)28-17)13-7-5-8-14(22)11-13/h3-11,15,22H,2H2,1H3,(H,24,25)/b17-10+. The second-order valence-electron chi connectivity index (χ2n) is 5.93. The highest BCUT2D eigenvalue weighted by Gasteiger charge is 2.33. The van der Waals surface area contributed by atoms with Gasteiger partial charge in [0.1, 0.15) is 11.5 Å². The van der Waals surface area contributed by atoms with Crippen molar-refractivity contribution in [1.29, 1.82) is 0 Å². The molecule has 1 aliphatic rings. The quantitative estimate of drug-likeness (QED) is 0.544. The Bertz CT molecular complexity index is 973. The van der Waals surface area contributed by atoms with Gasteiger partial charge in [-0.1, -0.05) is 55.2 Å². The predicted molar refractivity (Wildman–Crippen MR) is 113 cm³/mol. The summed E-state index contributed by atoms with van der Waals surface area (Å²) in [6, 6.07) is 13.2. The maximum Gasteiger partial charge on any atom is 0.344 e. The second-order valence-corrected chi connectivity index (χ2v) is 7.60. The number of ether oxygens (including phenoxy) is 1. The smallest absolute Gasteiger partial charge is 0.344 e. The first kappa shape index (κ1) is 19.9. The molecule has 0 saturated carbocycles. The van der Waals surface area contributed by atoms with Gasteiger partial charge in [0.05, 0.1) is 10.6 Å². The summed E-state index contributed by atoms with van der Waals surface area (Å²) in [5, 5.41) is 18.9. The average molecular weight is 415 g/mol. The van der Waals surface area contributed by atoms with E-state index in [4.69, 9.17) is 17.0 Å². The predicted octanol–water partition coefficient (Wildman–Crippen LogP) is 4.04. The molecular weight excluding hydrogens is 398 g/mol. The molecule has 8 heteroatoms. The Kier molecular flexibility index (Phi) is 6.01. The van der Waals surface area contributed by atoms with Gasteiger partial charge in [-0.2, -0.15) is 0 Å². The van der Waals surface area contributed by atoms with Crippen molar-refractivity contribution in [1.82, 2.24) is 0 Å². The van der Waals surface area contributed by atoms with Crippen molar-refractivity contribution in [2.24, 2.45) is 0 Å². The van der Waals surface area contributed by atoms with Crippen molar-refractivity contribution < 1.29 is 24.5 Å². The molecule has 0 aliphatic carbocycles. The molecule has 1 fully saturated rings. The lowest BCUT2D eigenvalue weighted by Crippen LogP contribution is -2.27. The van der Waals surface area contributed by atoms with Crippen molar-refractivity contribution >= 4 is 51.9 Å². The lowest BCUT2D eigenvalue weighted by molar-refractivity contribution is -0.145. The third kappa shape index (κ3) is 4.18. The third-order valence-corrected chi connectivity index (χ3v) is 5.30. The third-order valence-electron chi connectivity index (χ3n) is 4.00. The van der Waals surface area contributed by atoms with Gasteiger partial charge in [0, 0.05) is 11.6 Å². The van der Waals surface area contributed by atoms with Gasteiger partial charge in [-0.05, 0) is 30.7 Å². The number of thiocarbonyl (C=S) groups is 1. The van der Waals surface area contributed by atoms with E-state index in [2.05, 4.69) is 0 Å². The minimum Gasteiger partial charge on any atom is -0.508 e. The van der Waals surface area contributed by atoms with Crippen LogP contribution in [0.3, 0.4) is 0 Å². The number of para-hydroxylation sites is 1. The molecule has 2 aromatic rings. The lowest BCUT2D eigenvalue weighted by Gasteiger charge is -2.15. The number of rotatable bonds is 6. The number of hydrogen-bond donors (Lipinski definition) is 2. The van der Waals surface area contributed by atoms with E-state index in [0.29, 0.717) is 32.6 Å². The largest absolute Gasteiger partial charge is 0.508 e. The molecule has 6 nitrogen and oxygen atoms in total. The number of hydrogen-bond acceptors (Lipinski definition) is 6. The first-order valence-electron chi connectivity index (χ1n) is 8.46. The normalized spacial score (nSPS) is 16.5. The summed E-state index contributed by atoms with van der Waals surface area (Å²) in [6.07, 6.45) is 0.964. The zero-order valence-corrected chi connectivity index (χ0v) is 16.5. The molecule has 1 amide bonds. The van der Waals surface area contributed by atoms with Gasteiger partial charge >= 0.3 is 5.97 Å². The highest BCUT2D eigenvalue weighted by molar-refractivity contribution is 8.27. The number of phenolic OH excluding ortho intramolecular Hbond substituents is 1. The van der Waals surface area contributed by atoms with E-state index < -0.39 is 12.1 Å². The number of thioether (sulfide) groups is 1. The number of nitrogens with zero attached hydrogens (tertiary/aromatic N) is 1. The number of carboxylic acids is 1. The fourth-order valence-corrected chi connectivity index (χ4v) is 3.92. The van der Waals surface area contributed by atoms with E-state index in [1.165, 1.54) is 17.0 Å². The van der Waals surface area contributed by atoms with Crippen molar-refractivity contribution in [3.05, 3.63) is 59.0 Å². The minimum atomic E-state index is -1.05. The minimum absolute atomic E-state index is 0.0357. The Morgan fingerprint density at radius 1 is 1.29 bits per heavy atom. The second kappa shape index (κ2) is 8.45. The van der Waals surface area contributed by atoms with Crippen LogP contribution in [0.25, 0.3) is 6.08 Å². The Balaban J connectivity index is 1.92. The van der Waals surface area contributed by atoms with E-state index in [9.17, 15) is 19.8 Å². The van der Waals surface area contributed by atoms with Gasteiger partial charge in [0.15, 0.2) is 10.4 Å². The molecule has 1 heterocycles. The summed E-state index contributed by atoms with van der Waals surface area (Å²) >= 11 is 6.46. The highest BCUT2D eigenvalue weighted by atomic mass is 32.2. The maximum atomic E-state index is 12.9. The van der Waals surface area contributed by atoms with E-state index >= 15 is 0 Å². The fourth-order valence-electron chi connectivity index (χ4n) is 2.63. The summed E-state index contributed by atoms with van der Waals surface area (Å²) in [7, 11) is 0. The number of benzene rings is 2. The number of phenols is 1. The van der Waals surface area contributed by atoms with Gasteiger partial charge < -0.3 is 14.9 Å². The van der Waals surface area contributed by atoms with E-state index in [1.54, 1.807) is 49.4 Å². The van der Waals surface area contributed by atoms with Gasteiger partial charge in [0.2, 0.25) is 0 Å². The van der Waals surface area contributed by atoms with Crippen LogP contribution >= 0.6 is 24.0 Å². The number of aromatic hydroxyl groups is 1. The van der Waals surface area contributed by atoms with Crippen molar-refractivity contribution in [3.63, 3.8) is 0 Å². The van der Waals surface area contributed by atoms with Crippen molar-refractivity contribution in [2.75, 3.05) is 4.90 Å². The Morgan fingerprint density at radius 2 is 2.04 bits per heavy atom. The summed E-state index contributed by atoms with van der Waals surface area (Å²) in [4.78, 5) is 25.9. The molecule has 1 saturated heterocycles. The SMILES string of the molecule is CCC(Oc1ccccc1/C=C1/SC(=S)N(c2cccc(O)c2)C1=O)C(=O)O. The van der Waals surface area contributed by atoms with Crippen LogP contribution in [0.1, 0.15) is 18.9 Å². The number of carbonyl (C=O) groups is 2. The van der Waals surface area contributed by atoms with Crippen molar-refractivity contribution in [3.8, 4) is 11.5 Å². The number of carbonyl (C=O) groups excluding carboxylic acids is 1. The highest BCUT2D eigenvalue weighted by Crippen LogP contribution is 2.38. The van der Waals surface area contributed by atoms with Gasteiger partial charge in [-0.15, -0.1) is 0 Å². The average Bonchev–Trinajstić information content (AvgIpc) is 2.94. The number of carboxylic acid groups (broad SMARTS) is 1. The summed E-state index contributed by atoms with van der Waals surface area (Å²) in [5.41, 5.74) is 1.06. The number of aliphatic carboxylic acids is 1. The molecule has 2 aromatic carbocycles. The molecule has 0 bridgehead atoms. The molecule has 0 spiro atoms. The molecule has 144 valence electrons. The molecule has 0 aromatic heterocycles. The maximum absolute atomic E-state index is 12.9. The van der Waals surface area contributed by atoms with E-state index in [1.807, 2.05) is 0 Å². The zero-order valence-electron chi connectivity index (χ0n) is 14.9. The van der Waals surface area contributed by atoms with E-state index in [0.717, 1.165) is 11.8 Å². The first-order valence-corrected chi connectivity index (χ1v) is 9.68. The van der Waals surface area contributed by atoms with Crippen LogP contribution in [-0.2, 0) is 9.59 Å². The van der Waals surface area contributed by atoms with Crippen molar-refractivity contribution in [2.45, 2.75) is 19.4 Å². The zero-order chi connectivity index (χ0) is 20.3. The molecule has 0 radical (unpaired) electrons. The van der Waals surface area contributed by atoms with Crippen LogP contribution in [0.5, 0.6) is 11.5 Å². The van der Waals surface area contributed by atoms with Crippen LogP contribution in [0.4, 0.5) is 5.69 Å². The Morgan fingerprint density at radius 3 is 2.71 bits per heavy atom. The molecule has 1 atom stereocenters. The molecule has 1 unspecified atom stereocenters. The van der Waals surface area contributed by atoms with Crippen LogP contribution < -0.4 is 9.64 Å². The molecule has 1 aliphatic heterocycles. The molecule has 2 N–H and O–H groups in total. The van der Waals surface area contributed by atoms with Gasteiger partial charge in [0.25, 0.3) is 5.91 Å². The van der Waals surface area contributed by atoms with Gasteiger partial charge in [-0.3, -0.25) is 9.69 Å². The topological polar surface area (TPSA) is 87.1 Å². The lowest BCUT2D eigenvalue weighted by atomic mass is 10.1.